The zero-order valence-corrected chi connectivity index (χ0v) is 12.7. The fraction of sp³-hybridized carbons (Fsp3) is 0.545. The van der Waals surface area contributed by atoms with Crippen molar-refractivity contribution in [3.63, 3.8) is 0 Å². The normalized spacial score (nSPS) is 13.2. The van der Waals surface area contributed by atoms with Gasteiger partial charge in [0, 0.05) is 41.6 Å². The van der Waals surface area contributed by atoms with Crippen molar-refractivity contribution < 1.29 is 12.6 Å². The lowest BCUT2D eigenvalue weighted by Gasteiger charge is -2.07. The van der Waals surface area contributed by atoms with Gasteiger partial charge >= 0.3 is 0 Å². The Morgan fingerprint density at radius 2 is 2.05 bits per heavy atom. The molecule has 8 heteroatoms. The van der Waals surface area contributed by atoms with E-state index in [0.29, 0.717) is 17.3 Å². The molecule has 0 aromatic carbocycles. The lowest BCUT2D eigenvalue weighted by Crippen LogP contribution is -2.28. The first-order valence-electron chi connectivity index (χ1n) is 6.04. The van der Waals surface area contributed by atoms with Crippen molar-refractivity contribution in [1.29, 1.82) is 0 Å². The molecule has 0 spiro atoms. The van der Waals surface area contributed by atoms with Crippen molar-refractivity contribution in [3.05, 3.63) is 18.3 Å². The van der Waals surface area contributed by atoms with Crippen LogP contribution in [0.15, 0.2) is 23.2 Å². The van der Waals surface area contributed by atoms with Crippen molar-refractivity contribution in [3.8, 4) is 0 Å². The maximum atomic E-state index is 11.9. The first-order chi connectivity index (χ1) is 8.99. The summed E-state index contributed by atoms with van der Waals surface area (Å²) in [5.74, 6) is 1.48. The number of anilines is 1. The molecule has 0 fully saturated rings. The Morgan fingerprint density at radius 3 is 2.58 bits per heavy atom. The summed E-state index contributed by atoms with van der Waals surface area (Å²) in [7, 11) is -4.55. The van der Waals surface area contributed by atoms with Gasteiger partial charge in [0.25, 0.3) is 0 Å². The predicted molar refractivity (Wildman–Crippen MR) is 77.1 cm³/mol. The van der Waals surface area contributed by atoms with E-state index in [1.54, 1.807) is 13.0 Å². The monoisotopic (exact) mass is 305 g/mol. The van der Waals surface area contributed by atoms with Crippen LogP contribution in [0.1, 0.15) is 13.8 Å². The molecule has 1 atom stereocenters. The molecular formula is C11H19N3O3S2. The summed E-state index contributed by atoms with van der Waals surface area (Å²) < 4.78 is 37.4. The summed E-state index contributed by atoms with van der Waals surface area (Å²) in [5, 5.41) is 2.99. The topological polar surface area (TPSA) is 88.2 Å². The van der Waals surface area contributed by atoms with Gasteiger partial charge in [-0.05, 0) is 19.1 Å². The van der Waals surface area contributed by atoms with E-state index in [4.69, 9.17) is 0 Å². The Labute approximate surface area is 116 Å². The van der Waals surface area contributed by atoms with Gasteiger partial charge < -0.3 is 5.32 Å². The average Bonchev–Trinajstić information content (AvgIpc) is 2.39. The minimum Gasteiger partial charge on any atom is -0.370 e. The van der Waals surface area contributed by atoms with Crippen LogP contribution in [0.25, 0.3) is 0 Å². The van der Waals surface area contributed by atoms with E-state index in [9.17, 15) is 12.6 Å². The van der Waals surface area contributed by atoms with E-state index < -0.39 is 20.8 Å². The maximum absolute atomic E-state index is 11.9. The minimum atomic E-state index is -3.57. The van der Waals surface area contributed by atoms with Crippen LogP contribution in [0, 0.1) is 0 Å². The third-order valence-electron chi connectivity index (χ3n) is 2.35. The number of pyridine rings is 1. The van der Waals surface area contributed by atoms with Gasteiger partial charge in [-0.3, -0.25) is 4.21 Å². The van der Waals surface area contributed by atoms with Crippen LogP contribution in [0.5, 0.6) is 0 Å². The molecule has 0 aliphatic carbocycles. The number of hydrogen-bond donors (Lipinski definition) is 2. The number of aromatic nitrogens is 1. The lowest BCUT2D eigenvalue weighted by atomic mass is 10.4. The summed E-state index contributed by atoms with van der Waals surface area (Å²) in [6.45, 7) is 4.62. The standard InChI is InChI=1S/C11H19N3O3S2/c1-3-12-11-6-5-10(9-13-11)19(16,17)14-7-8-18(15)4-2/h5-6,9,14H,3-4,7-8H2,1-2H3,(H,12,13). The molecule has 1 aromatic rings. The highest BCUT2D eigenvalue weighted by Crippen LogP contribution is 2.10. The van der Waals surface area contributed by atoms with Gasteiger partial charge in [-0.2, -0.15) is 0 Å². The minimum absolute atomic E-state index is 0.108. The molecule has 0 bridgehead atoms. The quantitative estimate of drug-likeness (QED) is 0.733. The molecule has 108 valence electrons. The highest BCUT2D eigenvalue weighted by atomic mass is 32.2. The summed E-state index contributed by atoms with van der Waals surface area (Å²) in [6.07, 6.45) is 1.30. The third-order valence-corrected chi connectivity index (χ3v) is 5.10. The second-order valence-corrected chi connectivity index (χ2v) is 7.37. The van der Waals surface area contributed by atoms with Crippen LogP contribution in [-0.2, 0) is 20.8 Å². The van der Waals surface area contributed by atoms with Crippen molar-refractivity contribution in [2.75, 3.05) is 29.9 Å². The number of rotatable bonds is 8. The van der Waals surface area contributed by atoms with E-state index in [2.05, 4.69) is 15.0 Å². The second-order valence-electron chi connectivity index (χ2n) is 3.74. The van der Waals surface area contributed by atoms with Crippen LogP contribution in [0.3, 0.4) is 0 Å². The first-order valence-corrected chi connectivity index (χ1v) is 9.01. The van der Waals surface area contributed by atoms with Crippen LogP contribution in [0.2, 0.25) is 0 Å². The summed E-state index contributed by atoms with van der Waals surface area (Å²) in [4.78, 5) is 4.11. The SMILES string of the molecule is CCNc1ccc(S(=O)(=O)NCCS(=O)CC)cn1. The molecule has 0 saturated heterocycles. The zero-order chi connectivity index (χ0) is 14.3. The van der Waals surface area contributed by atoms with E-state index in [0.717, 1.165) is 6.54 Å². The smallest absolute Gasteiger partial charge is 0.242 e. The molecule has 0 radical (unpaired) electrons. The molecule has 1 heterocycles. The van der Waals surface area contributed by atoms with E-state index >= 15 is 0 Å². The average molecular weight is 305 g/mol. The molecule has 0 aliphatic heterocycles. The lowest BCUT2D eigenvalue weighted by molar-refractivity contribution is 0.583. The summed E-state index contributed by atoms with van der Waals surface area (Å²) >= 11 is 0. The Kier molecular flexibility index (Phi) is 6.40. The molecule has 2 N–H and O–H groups in total. The van der Waals surface area contributed by atoms with Crippen molar-refractivity contribution >= 4 is 26.6 Å². The first kappa shape index (κ1) is 16.1. The van der Waals surface area contributed by atoms with Crippen LogP contribution in [-0.4, -0.2) is 42.2 Å². The molecule has 0 amide bonds. The third kappa shape index (κ3) is 5.25. The highest BCUT2D eigenvalue weighted by Gasteiger charge is 2.14. The Hall–Kier alpha value is -0.990. The number of nitrogens with zero attached hydrogens (tertiary/aromatic N) is 1. The van der Waals surface area contributed by atoms with Gasteiger partial charge in [0.2, 0.25) is 10.0 Å². The predicted octanol–water partition coefficient (Wildman–Crippen LogP) is 0.560. The van der Waals surface area contributed by atoms with Crippen LogP contribution < -0.4 is 10.0 Å². The largest absolute Gasteiger partial charge is 0.370 e. The number of nitrogens with one attached hydrogen (secondary N) is 2. The fourth-order valence-corrected chi connectivity index (χ4v) is 3.07. The van der Waals surface area contributed by atoms with Crippen molar-refractivity contribution in [2.24, 2.45) is 0 Å². The van der Waals surface area contributed by atoms with Gasteiger partial charge in [0.1, 0.15) is 10.7 Å². The van der Waals surface area contributed by atoms with Crippen LogP contribution in [0.4, 0.5) is 5.82 Å². The molecule has 0 saturated carbocycles. The zero-order valence-electron chi connectivity index (χ0n) is 11.0. The maximum Gasteiger partial charge on any atom is 0.242 e. The summed E-state index contributed by atoms with van der Waals surface area (Å²) in [6, 6.07) is 3.10. The molecular weight excluding hydrogens is 286 g/mol. The molecule has 6 nitrogen and oxygen atoms in total. The van der Waals surface area contributed by atoms with Crippen molar-refractivity contribution in [2.45, 2.75) is 18.7 Å². The van der Waals surface area contributed by atoms with E-state index in [1.807, 2.05) is 6.92 Å². The molecule has 19 heavy (non-hydrogen) atoms. The van der Waals surface area contributed by atoms with Crippen LogP contribution >= 0.6 is 0 Å². The molecule has 1 unspecified atom stereocenters. The highest BCUT2D eigenvalue weighted by molar-refractivity contribution is 7.89. The Morgan fingerprint density at radius 1 is 1.32 bits per heavy atom. The van der Waals surface area contributed by atoms with E-state index in [1.165, 1.54) is 12.3 Å². The summed E-state index contributed by atoms with van der Waals surface area (Å²) in [5.41, 5.74) is 0. The molecule has 1 aromatic heterocycles. The fourth-order valence-electron chi connectivity index (χ4n) is 1.34. The van der Waals surface area contributed by atoms with Gasteiger partial charge in [0.05, 0.1) is 0 Å². The van der Waals surface area contributed by atoms with E-state index in [-0.39, 0.29) is 11.4 Å². The van der Waals surface area contributed by atoms with Gasteiger partial charge in [-0.15, -0.1) is 0 Å². The van der Waals surface area contributed by atoms with Gasteiger partial charge in [-0.25, -0.2) is 18.1 Å². The number of hydrogen-bond acceptors (Lipinski definition) is 5. The Balaban J connectivity index is 2.64. The molecule has 0 aliphatic rings. The second kappa shape index (κ2) is 7.56. The molecule has 1 rings (SSSR count). The Bertz CT molecular complexity index is 514. The van der Waals surface area contributed by atoms with Gasteiger partial charge in [-0.1, -0.05) is 6.92 Å². The van der Waals surface area contributed by atoms with Gasteiger partial charge in [0.15, 0.2) is 0 Å². The number of sulfonamides is 1. The van der Waals surface area contributed by atoms with Crippen molar-refractivity contribution in [1.82, 2.24) is 9.71 Å².